The maximum Gasteiger partial charge on any atom is 0.317 e. The molecule has 2 amide bonds. The summed E-state index contributed by atoms with van der Waals surface area (Å²) in [6.07, 6.45) is 6.94. The summed E-state index contributed by atoms with van der Waals surface area (Å²) < 4.78 is 2.05. The average molecular weight is 343 g/mol. The zero-order chi connectivity index (χ0) is 17.2. The van der Waals surface area contributed by atoms with Gasteiger partial charge in [0.15, 0.2) is 5.65 Å². The highest BCUT2D eigenvalue weighted by Gasteiger charge is 2.28. The van der Waals surface area contributed by atoms with Crippen LogP contribution >= 0.6 is 0 Å². The highest BCUT2D eigenvalue weighted by atomic mass is 16.3. The van der Waals surface area contributed by atoms with E-state index in [0.29, 0.717) is 5.92 Å². The van der Waals surface area contributed by atoms with Gasteiger partial charge in [-0.2, -0.15) is 0 Å². The third-order valence-corrected chi connectivity index (χ3v) is 5.51. The summed E-state index contributed by atoms with van der Waals surface area (Å²) in [5.41, 5.74) is 0.872. The van der Waals surface area contributed by atoms with Crippen molar-refractivity contribution in [2.75, 3.05) is 13.1 Å². The van der Waals surface area contributed by atoms with E-state index in [0.717, 1.165) is 63.1 Å². The first kappa shape index (κ1) is 16.3. The predicted octanol–water partition coefficient (Wildman–Crippen LogP) is 1.92. The number of pyridine rings is 1. The molecule has 1 aliphatic heterocycles. The SMILES string of the molecule is O=C(NC1CCC(O)CC1)N1CCC(c2nnc3ccccn23)CC1. The van der Waals surface area contributed by atoms with E-state index in [1.165, 1.54) is 0 Å². The first-order chi connectivity index (χ1) is 12.2. The molecule has 2 aromatic heterocycles. The molecule has 7 nitrogen and oxygen atoms in total. The first-order valence-electron chi connectivity index (χ1n) is 9.24. The van der Waals surface area contributed by atoms with E-state index < -0.39 is 0 Å². The molecule has 0 unspecified atom stereocenters. The lowest BCUT2D eigenvalue weighted by Gasteiger charge is -2.34. The number of rotatable bonds is 2. The van der Waals surface area contributed by atoms with Gasteiger partial charge in [-0.3, -0.25) is 4.40 Å². The van der Waals surface area contributed by atoms with E-state index in [9.17, 15) is 9.90 Å². The van der Waals surface area contributed by atoms with Crippen molar-refractivity contribution >= 4 is 11.7 Å². The Morgan fingerprint density at radius 2 is 1.84 bits per heavy atom. The van der Waals surface area contributed by atoms with Crippen LogP contribution < -0.4 is 5.32 Å². The number of carbonyl (C=O) groups is 1. The largest absolute Gasteiger partial charge is 0.393 e. The van der Waals surface area contributed by atoms with E-state index in [2.05, 4.69) is 15.5 Å². The van der Waals surface area contributed by atoms with Gasteiger partial charge in [-0.1, -0.05) is 6.07 Å². The molecule has 25 heavy (non-hydrogen) atoms. The van der Waals surface area contributed by atoms with E-state index in [1.54, 1.807) is 0 Å². The number of hydrogen-bond donors (Lipinski definition) is 2. The lowest BCUT2D eigenvalue weighted by Crippen LogP contribution is -2.48. The molecule has 0 spiro atoms. The maximum absolute atomic E-state index is 12.5. The summed E-state index contributed by atoms with van der Waals surface area (Å²) >= 11 is 0. The minimum Gasteiger partial charge on any atom is -0.393 e. The molecule has 2 aromatic rings. The molecule has 0 bridgehead atoms. The van der Waals surface area contributed by atoms with Crippen molar-refractivity contribution < 1.29 is 9.90 Å². The highest BCUT2D eigenvalue weighted by molar-refractivity contribution is 5.74. The third kappa shape index (κ3) is 3.46. The molecular weight excluding hydrogens is 318 g/mol. The van der Waals surface area contributed by atoms with Gasteiger partial charge in [0.25, 0.3) is 0 Å². The fourth-order valence-corrected chi connectivity index (χ4v) is 3.97. The summed E-state index contributed by atoms with van der Waals surface area (Å²) in [5.74, 6) is 1.34. The number of amides is 2. The lowest BCUT2D eigenvalue weighted by atomic mass is 9.93. The summed E-state index contributed by atoms with van der Waals surface area (Å²) in [7, 11) is 0. The molecule has 134 valence electrons. The minimum atomic E-state index is -0.193. The van der Waals surface area contributed by atoms with Crippen molar-refractivity contribution in [2.45, 2.75) is 56.6 Å². The van der Waals surface area contributed by atoms with Crippen LogP contribution in [-0.4, -0.2) is 55.9 Å². The molecule has 3 heterocycles. The lowest BCUT2D eigenvalue weighted by molar-refractivity contribution is 0.114. The minimum absolute atomic E-state index is 0.0333. The van der Waals surface area contributed by atoms with Gasteiger partial charge in [0.2, 0.25) is 0 Å². The second kappa shape index (κ2) is 7.00. The Balaban J connectivity index is 1.33. The number of hydrogen-bond acceptors (Lipinski definition) is 4. The summed E-state index contributed by atoms with van der Waals surface area (Å²) in [6, 6.07) is 6.15. The molecule has 7 heteroatoms. The molecule has 2 fully saturated rings. The molecule has 0 radical (unpaired) electrons. The van der Waals surface area contributed by atoms with Gasteiger partial charge in [0.05, 0.1) is 6.10 Å². The molecule has 0 atom stereocenters. The molecule has 1 saturated carbocycles. The van der Waals surface area contributed by atoms with Crippen LogP contribution in [-0.2, 0) is 0 Å². The van der Waals surface area contributed by atoms with Crippen LogP contribution in [0.15, 0.2) is 24.4 Å². The average Bonchev–Trinajstić information content (AvgIpc) is 3.08. The number of aliphatic hydroxyl groups excluding tert-OH is 1. The molecule has 2 aliphatic rings. The number of carbonyl (C=O) groups excluding carboxylic acids is 1. The topological polar surface area (TPSA) is 82.8 Å². The number of piperidine rings is 1. The summed E-state index contributed by atoms with van der Waals surface area (Å²) in [4.78, 5) is 14.4. The molecule has 0 aromatic carbocycles. The quantitative estimate of drug-likeness (QED) is 0.873. The summed E-state index contributed by atoms with van der Waals surface area (Å²) in [5, 5.41) is 21.3. The number of aliphatic hydroxyl groups is 1. The van der Waals surface area contributed by atoms with Crippen LogP contribution in [0, 0.1) is 0 Å². The number of nitrogens with one attached hydrogen (secondary N) is 1. The Kier molecular flexibility index (Phi) is 4.57. The molecule has 4 rings (SSSR count). The van der Waals surface area contributed by atoms with Crippen molar-refractivity contribution in [3.63, 3.8) is 0 Å². The van der Waals surface area contributed by atoms with Gasteiger partial charge >= 0.3 is 6.03 Å². The van der Waals surface area contributed by atoms with E-state index in [1.807, 2.05) is 33.7 Å². The van der Waals surface area contributed by atoms with Crippen LogP contribution in [0.4, 0.5) is 4.79 Å². The Morgan fingerprint density at radius 1 is 1.08 bits per heavy atom. The van der Waals surface area contributed by atoms with E-state index in [4.69, 9.17) is 0 Å². The maximum atomic E-state index is 12.5. The van der Waals surface area contributed by atoms with Crippen LogP contribution in [0.2, 0.25) is 0 Å². The first-order valence-corrected chi connectivity index (χ1v) is 9.24. The van der Waals surface area contributed by atoms with Gasteiger partial charge in [0.1, 0.15) is 5.82 Å². The van der Waals surface area contributed by atoms with Crippen LogP contribution in [0.25, 0.3) is 5.65 Å². The van der Waals surface area contributed by atoms with E-state index in [-0.39, 0.29) is 18.2 Å². The Morgan fingerprint density at radius 3 is 2.60 bits per heavy atom. The third-order valence-electron chi connectivity index (χ3n) is 5.51. The van der Waals surface area contributed by atoms with Gasteiger partial charge in [-0.25, -0.2) is 4.79 Å². The highest BCUT2D eigenvalue weighted by Crippen LogP contribution is 2.27. The van der Waals surface area contributed by atoms with Crippen molar-refractivity contribution in [1.82, 2.24) is 24.8 Å². The zero-order valence-electron chi connectivity index (χ0n) is 14.3. The van der Waals surface area contributed by atoms with Crippen molar-refractivity contribution in [2.24, 2.45) is 0 Å². The summed E-state index contributed by atoms with van der Waals surface area (Å²) in [6.45, 7) is 1.49. The van der Waals surface area contributed by atoms with Crippen molar-refractivity contribution in [1.29, 1.82) is 0 Å². The number of likely N-dealkylation sites (tertiary alicyclic amines) is 1. The molecule has 1 saturated heterocycles. The van der Waals surface area contributed by atoms with Crippen molar-refractivity contribution in [3.05, 3.63) is 30.2 Å². The van der Waals surface area contributed by atoms with E-state index >= 15 is 0 Å². The number of aromatic nitrogens is 3. The van der Waals surface area contributed by atoms with Gasteiger partial charge in [-0.05, 0) is 50.7 Å². The number of urea groups is 1. The monoisotopic (exact) mass is 343 g/mol. The second-order valence-electron chi connectivity index (χ2n) is 7.20. The number of nitrogens with zero attached hydrogens (tertiary/aromatic N) is 4. The number of fused-ring (bicyclic) bond motifs is 1. The molecule has 1 aliphatic carbocycles. The van der Waals surface area contributed by atoms with Gasteiger partial charge < -0.3 is 15.3 Å². The van der Waals surface area contributed by atoms with Gasteiger partial charge in [0, 0.05) is 31.2 Å². The van der Waals surface area contributed by atoms with Crippen LogP contribution in [0.5, 0.6) is 0 Å². The normalized spacial score (nSPS) is 25.2. The standard InChI is InChI=1S/C18H25N5O2/c24-15-6-4-14(5-7-15)19-18(25)22-11-8-13(9-12-22)17-21-20-16-3-1-2-10-23(16)17/h1-3,10,13-15,24H,4-9,11-12H2,(H,19,25). The molecule has 2 N–H and O–H groups in total. The van der Waals surface area contributed by atoms with Crippen LogP contribution in [0.3, 0.4) is 0 Å². The Bertz CT molecular complexity index is 730. The second-order valence-corrected chi connectivity index (χ2v) is 7.20. The Labute approximate surface area is 147 Å². The van der Waals surface area contributed by atoms with Crippen molar-refractivity contribution in [3.8, 4) is 0 Å². The molecular formula is C18H25N5O2. The predicted molar refractivity (Wildman–Crippen MR) is 93.3 cm³/mol. The van der Waals surface area contributed by atoms with Gasteiger partial charge in [-0.15, -0.1) is 10.2 Å². The smallest absolute Gasteiger partial charge is 0.317 e. The Hall–Kier alpha value is -2.15. The fraction of sp³-hybridized carbons (Fsp3) is 0.611. The fourth-order valence-electron chi connectivity index (χ4n) is 3.97. The van der Waals surface area contributed by atoms with Crippen LogP contribution in [0.1, 0.15) is 50.3 Å². The zero-order valence-corrected chi connectivity index (χ0v) is 14.3.